The van der Waals surface area contributed by atoms with Gasteiger partial charge in [-0.2, -0.15) is 4.68 Å². The van der Waals surface area contributed by atoms with E-state index in [0.29, 0.717) is 16.3 Å². The van der Waals surface area contributed by atoms with Gasteiger partial charge in [0.2, 0.25) is 5.16 Å². The molecule has 3 aromatic rings. The van der Waals surface area contributed by atoms with Crippen LogP contribution in [0.25, 0.3) is 5.69 Å². The maximum absolute atomic E-state index is 12.5. The highest BCUT2D eigenvalue weighted by atomic mass is 32.2. The van der Waals surface area contributed by atoms with Crippen LogP contribution in [-0.2, 0) is 0 Å². The van der Waals surface area contributed by atoms with Crippen molar-refractivity contribution in [3.8, 4) is 5.69 Å². The van der Waals surface area contributed by atoms with E-state index < -0.39 is 4.92 Å². The predicted molar refractivity (Wildman–Crippen MR) is 102 cm³/mol. The maximum atomic E-state index is 12.5. The Morgan fingerprint density at radius 3 is 2.63 bits per heavy atom. The zero-order valence-corrected chi connectivity index (χ0v) is 15.9. The fourth-order valence-corrected chi connectivity index (χ4v) is 3.34. The Kier molecular flexibility index (Phi) is 5.31. The number of thioether (sulfide) groups is 1. The van der Waals surface area contributed by atoms with Crippen LogP contribution < -0.4 is 0 Å². The molecule has 0 atom stereocenters. The van der Waals surface area contributed by atoms with Gasteiger partial charge in [-0.25, -0.2) is 0 Å². The van der Waals surface area contributed by atoms with E-state index in [2.05, 4.69) is 15.5 Å². The second-order valence-corrected chi connectivity index (χ2v) is 7.08. The van der Waals surface area contributed by atoms with Crippen molar-refractivity contribution in [3.63, 3.8) is 0 Å². The molecule has 27 heavy (non-hydrogen) atoms. The molecule has 0 aliphatic rings. The van der Waals surface area contributed by atoms with Crippen molar-refractivity contribution in [1.82, 2.24) is 20.2 Å². The number of tetrazole rings is 1. The molecule has 3 rings (SSSR count). The number of Topliss-reactive ketones (excluding diaryl/α,β-unsaturated/α-hetero) is 1. The van der Waals surface area contributed by atoms with Gasteiger partial charge in [0.05, 0.1) is 16.4 Å². The number of hydrogen-bond donors (Lipinski definition) is 0. The largest absolute Gasteiger partial charge is 0.293 e. The summed E-state index contributed by atoms with van der Waals surface area (Å²) in [7, 11) is 0. The Morgan fingerprint density at radius 1 is 1.15 bits per heavy atom. The Labute approximate surface area is 159 Å². The molecule has 138 valence electrons. The number of nitro benzene ring substituents is 1. The van der Waals surface area contributed by atoms with E-state index in [1.54, 1.807) is 23.7 Å². The average molecular weight is 383 g/mol. The molecule has 0 aliphatic carbocycles. The molecule has 0 spiro atoms. The van der Waals surface area contributed by atoms with Crippen molar-refractivity contribution in [2.45, 2.75) is 25.9 Å². The minimum Gasteiger partial charge on any atom is -0.293 e. The van der Waals surface area contributed by atoms with Crippen LogP contribution in [0.15, 0.2) is 41.6 Å². The summed E-state index contributed by atoms with van der Waals surface area (Å²) in [5.41, 5.74) is 3.68. The number of hydrogen-bond acceptors (Lipinski definition) is 7. The van der Waals surface area contributed by atoms with Gasteiger partial charge in [0.1, 0.15) is 0 Å². The molecule has 1 heterocycles. The van der Waals surface area contributed by atoms with E-state index in [-0.39, 0.29) is 17.2 Å². The van der Waals surface area contributed by atoms with E-state index in [0.717, 1.165) is 16.8 Å². The summed E-state index contributed by atoms with van der Waals surface area (Å²) in [6.07, 6.45) is 0. The highest BCUT2D eigenvalue weighted by Gasteiger charge is 2.17. The van der Waals surface area contributed by atoms with Gasteiger partial charge in [-0.05, 0) is 48.4 Å². The van der Waals surface area contributed by atoms with Gasteiger partial charge in [0, 0.05) is 17.2 Å². The fraction of sp³-hybridized carbons (Fsp3) is 0.222. The summed E-state index contributed by atoms with van der Waals surface area (Å²) >= 11 is 1.19. The Bertz CT molecular complexity index is 1030. The van der Waals surface area contributed by atoms with Crippen molar-refractivity contribution in [2.24, 2.45) is 0 Å². The first-order valence-corrected chi connectivity index (χ1v) is 9.12. The first-order chi connectivity index (χ1) is 12.9. The van der Waals surface area contributed by atoms with Gasteiger partial charge >= 0.3 is 0 Å². The lowest BCUT2D eigenvalue weighted by Gasteiger charge is -2.08. The molecule has 0 radical (unpaired) electrons. The van der Waals surface area contributed by atoms with Crippen LogP contribution in [0.2, 0.25) is 0 Å². The zero-order chi connectivity index (χ0) is 19.6. The fourth-order valence-electron chi connectivity index (χ4n) is 2.56. The number of benzene rings is 2. The molecule has 0 saturated heterocycles. The Hall–Kier alpha value is -3.07. The Balaban J connectivity index is 1.80. The van der Waals surface area contributed by atoms with Gasteiger partial charge in [-0.3, -0.25) is 14.9 Å². The third-order valence-corrected chi connectivity index (χ3v) is 5.01. The van der Waals surface area contributed by atoms with E-state index in [1.807, 2.05) is 32.0 Å². The number of rotatable bonds is 6. The standard InChI is InChI=1S/C18H17N5O3S/c1-11-4-5-12(2)15(8-11)22-18(19-20-21-22)27-10-17(24)14-7-6-13(3)16(9-14)23(25)26/h4-9H,10H2,1-3H3. The SMILES string of the molecule is Cc1ccc(C)c(-n2nnnc2SCC(=O)c2ccc(C)c([N+](=O)[O-])c2)c1. The van der Waals surface area contributed by atoms with Crippen molar-refractivity contribution >= 4 is 23.2 Å². The maximum Gasteiger partial charge on any atom is 0.273 e. The number of ketones is 1. The summed E-state index contributed by atoms with van der Waals surface area (Å²) in [4.78, 5) is 23.0. The molecule has 0 fully saturated rings. The van der Waals surface area contributed by atoms with Gasteiger partial charge in [-0.1, -0.05) is 36.0 Å². The summed E-state index contributed by atoms with van der Waals surface area (Å²) in [5.74, 6) is -0.149. The van der Waals surface area contributed by atoms with Gasteiger partial charge < -0.3 is 0 Å². The van der Waals surface area contributed by atoms with Crippen molar-refractivity contribution < 1.29 is 9.72 Å². The van der Waals surface area contributed by atoms with Crippen LogP contribution in [0.1, 0.15) is 27.0 Å². The molecule has 0 bridgehead atoms. The minimum absolute atomic E-state index is 0.0638. The smallest absolute Gasteiger partial charge is 0.273 e. The van der Waals surface area contributed by atoms with Gasteiger partial charge in [0.15, 0.2) is 5.78 Å². The number of aryl methyl sites for hydroxylation is 3. The molecule has 8 nitrogen and oxygen atoms in total. The minimum atomic E-state index is -0.486. The summed E-state index contributed by atoms with van der Waals surface area (Å²) in [5, 5.41) is 23.3. The second-order valence-electron chi connectivity index (χ2n) is 6.13. The van der Waals surface area contributed by atoms with Crippen molar-refractivity contribution in [2.75, 3.05) is 5.75 Å². The summed E-state index contributed by atoms with van der Waals surface area (Å²) < 4.78 is 1.60. The van der Waals surface area contributed by atoms with Gasteiger partial charge in [0.25, 0.3) is 5.69 Å². The summed E-state index contributed by atoms with van der Waals surface area (Å²) in [6, 6.07) is 10.4. The molecule has 0 aliphatic heterocycles. The molecule has 0 saturated carbocycles. The number of nitro groups is 1. The first kappa shape index (κ1) is 18.7. The summed E-state index contributed by atoms with van der Waals surface area (Å²) in [6.45, 7) is 5.58. The molecule has 0 N–H and O–H groups in total. The predicted octanol–water partition coefficient (Wildman–Crippen LogP) is 3.47. The van der Waals surface area contributed by atoms with E-state index in [1.165, 1.54) is 17.8 Å². The molecule has 0 amide bonds. The average Bonchev–Trinajstić information content (AvgIpc) is 3.10. The lowest BCUT2D eigenvalue weighted by atomic mass is 10.1. The number of nitrogens with zero attached hydrogens (tertiary/aromatic N) is 5. The van der Waals surface area contributed by atoms with Crippen LogP contribution in [0, 0.1) is 30.9 Å². The van der Waals surface area contributed by atoms with Crippen LogP contribution in [0.4, 0.5) is 5.69 Å². The van der Waals surface area contributed by atoms with Crippen LogP contribution in [0.3, 0.4) is 0 Å². The molecule has 2 aromatic carbocycles. The highest BCUT2D eigenvalue weighted by molar-refractivity contribution is 7.99. The third kappa shape index (κ3) is 4.03. The van der Waals surface area contributed by atoms with Crippen LogP contribution in [-0.4, -0.2) is 36.7 Å². The quantitative estimate of drug-likeness (QED) is 0.278. The van der Waals surface area contributed by atoms with Crippen molar-refractivity contribution in [1.29, 1.82) is 0 Å². The normalized spacial score (nSPS) is 10.8. The lowest BCUT2D eigenvalue weighted by Crippen LogP contribution is -2.07. The van der Waals surface area contributed by atoms with E-state index >= 15 is 0 Å². The molecular weight excluding hydrogens is 366 g/mol. The molecule has 0 unspecified atom stereocenters. The van der Waals surface area contributed by atoms with Gasteiger partial charge in [-0.15, -0.1) is 5.10 Å². The van der Waals surface area contributed by atoms with E-state index in [4.69, 9.17) is 0 Å². The third-order valence-electron chi connectivity index (χ3n) is 4.09. The number of aromatic nitrogens is 4. The van der Waals surface area contributed by atoms with E-state index in [9.17, 15) is 14.9 Å². The van der Waals surface area contributed by atoms with Crippen LogP contribution in [0.5, 0.6) is 0 Å². The second kappa shape index (κ2) is 7.67. The first-order valence-electron chi connectivity index (χ1n) is 8.14. The lowest BCUT2D eigenvalue weighted by molar-refractivity contribution is -0.385. The molecular formula is C18H17N5O3S. The molecule has 1 aromatic heterocycles. The van der Waals surface area contributed by atoms with Crippen molar-refractivity contribution in [3.05, 3.63) is 68.8 Å². The number of carbonyl (C=O) groups is 1. The monoisotopic (exact) mass is 383 g/mol. The molecule has 9 heteroatoms. The van der Waals surface area contributed by atoms with Crippen LogP contribution >= 0.6 is 11.8 Å². The highest BCUT2D eigenvalue weighted by Crippen LogP contribution is 2.24. The zero-order valence-electron chi connectivity index (χ0n) is 15.0. The number of carbonyl (C=O) groups excluding carboxylic acids is 1. The Morgan fingerprint density at radius 2 is 1.89 bits per heavy atom. The topological polar surface area (TPSA) is 104 Å².